The molecule has 6 nitrogen and oxygen atoms in total. The maximum absolute atomic E-state index is 9.70. The van der Waals surface area contributed by atoms with Crippen LogP contribution >= 0.6 is 0 Å². The number of aromatic hydroxyl groups is 1. The van der Waals surface area contributed by atoms with Gasteiger partial charge in [0.1, 0.15) is 0 Å². The van der Waals surface area contributed by atoms with Crippen LogP contribution in [0.25, 0.3) is 5.69 Å². The quantitative estimate of drug-likeness (QED) is 0.580. The van der Waals surface area contributed by atoms with E-state index in [-0.39, 0.29) is 5.75 Å². The Balaban J connectivity index is 1.66. The number of rotatable bonds is 5. The average Bonchev–Trinajstić information content (AvgIpc) is 3.09. The van der Waals surface area contributed by atoms with Gasteiger partial charge in [0.05, 0.1) is 31.4 Å². The highest BCUT2D eigenvalue weighted by Crippen LogP contribution is 2.25. The van der Waals surface area contributed by atoms with Crippen molar-refractivity contribution >= 4 is 12.4 Å². The molecule has 0 spiro atoms. The van der Waals surface area contributed by atoms with Gasteiger partial charge in [-0.25, -0.2) is 4.68 Å². The molecule has 0 amide bonds. The van der Waals surface area contributed by atoms with E-state index in [0.717, 1.165) is 16.8 Å². The van der Waals surface area contributed by atoms with E-state index < -0.39 is 0 Å². The molecule has 3 aromatic rings. The molecule has 2 aromatic carbocycles. The number of aromatic nitrogens is 2. The molecule has 1 heterocycles. The van der Waals surface area contributed by atoms with Gasteiger partial charge in [-0.15, -0.1) is 0 Å². The summed E-state index contributed by atoms with van der Waals surface area (Å²) in [4.78, 5) is 0. The Kier molecular flexibility index (Phi) is 4.67. The number of hydrogen-bond donors (Lipinski definition) is 1. The van der Waals surface area contributed by atoms with Crippen LogP contribution in [0.2, 0.25) is 0 Å². The number of para-hydroxylation sites is 1. The van der Waals surface area contributed by atoms with E-state index in [1.807, 2.05) is 36.5 Å². The van der Waals surface area contributed by atoms with Gasteiger partial charge in [0.25, 0.3) is 0 Å². The summed E-state index contributed by atoms with van der Waals surface area (Å²) in [6, 6.07) is 14.8. The predicted molar refractivity (Wildman–Crippen MR) is 93.4 cm³/mol. The van der Waals surface area contributed by atoms with Crippen molar-refractivity contribution in [1.82, 2.24) is 9.78 Å². The normalized spacial score (nSPS) is 11.4. The number of methoxy groups -OCH3 is 1. The van der Waals surface area contributed by atoms with Crippen LogP contribution in [0.3, 0.4) is 0 Å². The maximum Gasteiger partial charge on any atom is 0.160 e. The Hall–Kier alpha value is -3.41. The Morgan fingerprint density at radius 3 is 2.50 bits per heavy atom. The van der Waals surface area contributed by atoms with Crippen LogP contribution in [0, 0.1) is 0 Å². The molecular weight excluding hydrogens is 304 g/mol. The van der Waals surface area contributed by atoms with Crippen LogP contribution in [-0.4, -0.2) is 34.4 Å². The van der Waals surface area contributed by atoms with Gasteiger partial charge >= 0.3 is 0 Å². The molecule has 1 N–H and O–H groups in total. The number of phenolic OH excluding ortho intramolecular Hbond substituents is 1. The van der Waals surface area contributed by atoms with Crippen molar-refractivity contribution in [3.05, 3.63) is 72.1 Å². The number of nitrogens with zero attached hydrogens (tertiary/aromatic N) is 4. The maximum atomic E-state index is 9.70. The zero-order valence-corrected chi connectivity index (χ0v) is 13.1. The summed E-state index contributed by atoms with van der Waals surface area (Å²) in [6.45, 7) is 0. The third-order valence-corrected chi connectivity index (χ3v) is 3.31. The fourth-order valence-corrected chi connectivity index (χ4v) is 2.11. The minimum absolute atomic E-state index is 0.0644. The lowest BCUT2D eigenvalue weighted by Crippen LogP contribution is -1.92. The molecule has 0 saturated heterocycles. The van der Waals surface area contributed by atoms with Crippen molar-refractivity contribution in [1.29, 1.82) is 0 Å². The molecule has 24 heavy (non-hydrogen) atoms. The Morgan fingerprint density at radius 2 is 1.79 bits per heavy atom. The number of benzene rings is 2. The second kappa shape index (κ2) is 7.23. The standard InChI is InChI=1S/C18H16N4O2/c1-24-18-8-7-14(9-17(18)23)10-19-20-11-15-12-21-22(13-15)16-5-3-2-4-6-16/h2-13,23H,1H3/b19-10+,20-11+. The second-order valence-electron chi connectivity index (χ2n) is 4.97. The summed E-state index contributed by atoms with van der Waals surface area (Å²) in [5, 5.41) is 21.9. The van der Waals surface area contributed by atoms with Crippen molar-refractivity contribution in [3.8, 4) is 17.2 Å². The fraction of sp³-hybridized carbons (Fsp3) is 0.0556. The van der Waals surface area contributed by atoms with E-state index in [0.29, 0.717) is 5.75 Å². The monoisotopic (exact) mass is 320 g/mol. The molecule has 0 radical (unpaired) electrons. The van der Waals surface area contributed by atoms with E-state index >= 15 is 0 Å². The summed E-state index contributed by atoms with van der Waals surface area (Å²) in [7, 11) is 1.50. The third kappa shape index (κ3) is 3.67. The van der Waals surface area contributed by atoms with Crippen molar-refractivity contribution in [2.24, 2.45) is 10.2 Å². The van der Waals surface area contributed by atoms with Gasteiger partial charge in [-0.05, 0) is 35.9 Å². The van der Waals surface area contributed by atoms with E-state index in [4.69, 9.17) is 4.74 Å². The van der Waals surface area contributed by atoms with Gasteiger partial charge in [0, 0.05) is 11.8 Å². The Bertz CT molecular complexity index is 870. The van der Waals surface area contributed by atoms with E-state index in [9.17, 15) is 5.11 Å². The first-order valence-corrected chi connectivity index (χ1v) is 7.30. The van der Waals surface area contributed by atoms with Crippen LogP contribution in [0.5, 0.6) is 11.5 Å². The molecule has 0 atom stereocenters. The fourth-order valence-electron chi connectivity index (χ4n) is 2.11. The minimum atomic E-state index is 0.0644. The van der Waals surface area contributed by atoms with Gasteiger partial charge in [0.15, 0.2) is 11.5 Å². The number of phenols is 1. The smallest absolute Gasteiger partial charge is 0.160 e. The van der Waals surface area contributed by atoms with Crippen molar-refractivity contribution in [2.75, 3.05) is 7.11 Å². The van der Waals surface area contributed by atoms with Gasteiger partial charge < -0.3 is 9.84 Å². The zero-order valence-electron chi connectivity index (χ0n) is 13.1. The van der Waals surface area contributed by atoms with Crippen molar-refractivity contribution in [3.63, 3.8) is 0 Å². The first-order chi connectivity index (χ1) is 11.8. The SMILES string of the molecule is COc1ccc(/C=N/N=C/c2cnn(-c3ccccc3)c2)cc1O. The molecule has 0 aliphatic heterocycles. The van der Waals surface area contributed by atoms with Crippen LogP contribution in [-0.2, 0) is 0 Å². The molecule has 6 heteroatoms. The third-order valence-electron chi connectivity index (χ3n) is 3.31. The largest absolute Gasteiger partial charge is 0.504 e. The lowest BCUT2D eigenvalue weighted by Gasteiger charge is -2.02. The molecule has 0 bridgehead atoms. The molecule has 3 rings (SSSR count). The lowest BCUT2D eigenvalue weighted by atomic mass is 10.2. The minimum Gasteiger partial charge on any atom is -0.504 e. The average molecular weight is 320 g/mol. The first-order valence-electron chi connectivity index (χ1n) is 7.30. The van der Waals surface area contributed by atoms with E-state index in [1.54, 1.807) is 41.5 Å². The van der Waals surface area contributed by atoms with E-state index in [1.165, 1.54) is 7.11 Å². The number of ether oxygens (including phenoxy) is 1. The Morgan fingerprint density at radius 1 is 1.04 bits per heavy atom. The first kappa shape index (κ1) is 15.5. The van der Waals surface area contributed by atoms with Crippen LogP contribution < -0.4 is 4.74 Å². The zero-order chi connectivity index (χ0) is 16.8. The van der Waals surface area contributed by atoms with Crippen LogP contribution in [0.15, 0.2) is 71.1 Å². The highest BCUT2D eigenvalue weighted by molar-refractivity contribution is 5.83. The highest BCUT2D eigenvalue weighted by atomic mass is 16.5. The van der Waals surface area contributed by atoms with E-state index in [2.05, 4.69) is 15.3 Å². The molecule has 0 aliphatic carbocycles. The molecule has 1 aromatic heterocycles. The van der Waals surface area contributed by atoms with Gasteiger partial charge in [-0.3, -0.25) is 0 Å². The molecule has 120 valence electrons. The summed E-state index contributed by atoms with van der Waals surface area (Å²) in [5.74, 6) is 0.485. The summed E-state index contributed by atoms with van der Waals surface area (Å²) in [6.07, 6.45) is 6.75. The molecular formula is C18H16N4O2. The predicted octanol–water partition coefficient (Wildman–Crippen LogP) is 3.04. The topological polar surface area (TPSA) is 72.0 Å². The van der Waals surface area contributed by atoms with Crippen molar-refractivity contribution < 1.29 is 9.84 Å². The lowest BCUT2D eigenvalue weighted by molar-refractivity contribution is 0.373. The van der Waals surface area contributed by atoms with Crippen LogP contribution in [0.1, 0.15) is 11.1 Å². The highest BCUT2D eigenvalue weighted by Gasteiger charge is 2.00. The van der Waals surface area contributed by atoms with Gasteiger partial charge in [-0.2, -0.15) is 15.3 Å². The summed E-state index contributed by atoms with van der Waals surface area (Å²) < 4.78 is 6.76. The summed E-state index contributed by atoms with van der Waals surface area (Å²) in [5.41, 5.74) is 2.55. The van der Waals surface area contributed by atoms with Crippen LogP contribution in [0.4, 0.5) is 0 Å². The molecule has 0 unspecified atom stereocenters. The summed E-state index contributed by atoms with van der Waals surface area (Å²) >= 11 is 0. The molecule has 0 saturated carbocycles. The Labute approximate surface area is 139 Å². The second-order valence-corrected chi connectivity index (χ2v) is 4.97. The molecule has 0 fully saturated rings. The molecule has 0 aliphatic rings. The van der Waals surface area contributed by atoms with Gasteiger partial charge in [-0.1, -0.05) is 18.2 Å². The van der Waals surface area contributed by atoms with Crippen molar-refractivity contribution in [2.45, 2.75) is 0 Å². The van der Waals surface area contributed by atoms with Gasteiger partial charge in [0.2, 0.25) is 0 Å². The number of hydrogen-bond acceptors (Lipinski definition) is 5.